The maximum atomic E-state index is 13.2. The van der Waals surface area contributed by atoms with E-state index in [9.17, 15) is 9.18 Å². The molecule has 1 aromatic rings. The van der Waals surface area contributed by atoms with Crippen molar-refractivity contribution in [1.29, 1.82) is 0 Å². The Balaban J connectivity index is 3.28. The summed E-state index contributed by atoms with van der Waals surface area (Å²) in [6.45, 7) is 0. The van der Waals surface area contributed by atoms with E-state index in [0.717, 1.165) is 6.07 Å². The van der Waals surface area contributed by atoms with Gasteiger partial charge in [0.15, 0.2) is 5.78 Å². The smallest absolute Gasteiger partial charge is 0.176 e. The molecule has 0 aliphatic carbocycles. The van der Waals surface area contributed by atoms with Gasteiger partial charge in [-0.2, -0.15) is 0 Å². The van der Waals surface area contributed by atoms with Gasteiger partial charge in [-0.3, -0.25) is 4.79 Å². The molecule has 0 aliphatic rings. The Bertz CT molecular complexity index is 352. The molecule has 0 radical (unpaired) electrons. The lowest BCUT2D eigenvalue weighted by Crippen LogP contribution is -2.03. The van der Waals surface area contributed by atoms with Crippen LogP contribution >= 0.6 is 31.9 Å². The van der Waals surface area contributed by atoms with Crippen LogP contribution in [0.5, 0.6) is 5.75 Å². The normalized spacial score (nSPS) is 10.1. The van der Waals surface area contributed by atoms with Crippen molar-refractivity contribution in [2.45, 2.75) is 0 Å². The number of hydrogen-bond acceptors (Lipinski definition) is 2. The zero-order valence-corrected chi connectivity index (χ0v) is 9.52. The number of Topliss-reactive ketones (excluding diaryl/α,β-unsaturated/α-hetero) is 1. The average molecular weight is 312 g/mol. The highest BCUT2D eigenvalue weighted by Crippen LogP contribution is 2.25. The van der Waals surface area contributed by atoms with Crippen molar-refractivity contribution in [1.82, 2.24) is 0 Å². The van der Waals surface area contributed by atoms with E-state index in [1.807, 2.05) is 0 Å². The van der Waals surface area contributed by atoms with Gasteiger partial charge in [-0.05, 0) is 28.1 Å². The summed E-state index contributed by atoms with van der Waals surface area (Å²) in [7, 11) is 0. The van der Waals surface area contributed by atoms with Gasteiger partial charge in [0.05, 0.1) is 15.4 Å². The number of phenolic OH excluding ortho intramolecular Hbond substituents is 1. The number of aromatic hydroxyl groups is 1. The Kier molecular flexibility index (Phi) is 3.44. The van der Waals surface area contributed by atoms with Crippen LogP contribution in [0.25, 0.3) is 0 Å². The van der Waals surface area contributed by atoms with Gasteiger partial charge in [0.25, 0.3) is 0 Å². The predicted octanol–water partition coefficient (Wildman–Crippen LogP) is 2.87. The van der Waals surface area contributed by atoms with Crippen molar-refractivity contribution in [2.24, 2.45) is 0 Å². The molecule has 0 amide bonds. The molecule has 1 rings (SSSR count). The molecule has 70 valence electrons. The highest BCUT2D eigenvalue weighted by atomic mass is 79.9. The highest BCUT2D eigenvalue weighted by molar-refractivity contribution is 9.10. The van der Waals surface area contributed by atoms with Gasteiger partial charge < -0.3 is 5.11 Å². The fourth-order valence-electron chi connectivity index (χ4n) is 0.850. The molecule has 0 spiro atoms. The van der Waals surface area contributed by atoms with Gasteiger partial charge >= 0.3 is 0 Å². The molecule has 0 fully saturated rings. The van der Waals surface area contributed by atoms with E-state index in [4.69, 9.17) is 5.11 Å². The van der Waals surface area contributed by atoms with E-state index < -0.39 is 11.6 Å². The highest BCUT2D eigenvalue weighted by Gasteiger charge is 2.14. The second-order valence-corrected chi connectivity index (χ2v) is 3.76. The topological polar surface area (TPSA) is 37.3 Å². The van der Waals surface area contributed by atoms with Crippen LogP contribution in [0.15, 0.2) is 16.6 Å². The summed E-state index contributed by atoms with van der Waals surface area (Å²) in [4.78, 5) is 11.1. The predicted molar refractivity (Wildman–Crippen MR) is 53.9 cm³/mol. The van der Waals surface area contributed by atoms with Crippen LogP contribution < -0.4 is 0 Å². The zero-order chi connectivity index (χ0) is 10.0. The second kappa shape index (κ2) is 4.19. The van der Waals surface area contributed by atoms with Crippen molar-refractivity contribution >= 4 is 37.6 Å². The SMILES string of the molecule is O=C(CBr)c1cc(O)cc(Br)c1F. The average Bonchev–Trinajstić information content (AvgIpc) is 2.10. The molecule has 0 atom stereocenters. The third-order valence-corrected chi connectivity index (χ3v) is 2.52. The van der Waals surface area contributed by atoms with Gasteiger partial charge in [0, 0.05) is 0 Å². The fraction of sp³-hybridized carbons (Fsp3) is 0.125. The Morgan fingerprint density at radius 1 is 1.54 bits per heavy atom. The molecular formula is C8H5Br2FO2. The molecule has 0 unspecified atom stereocenters. The molecule has 0 heterocycles. The van der Waals surface area contributed by atoms with Gasteiger partial charge in [-0.1, -0.05) is 15.9 Å². The first-order valence-corrected chi connectivity index (χ1v) is 5.25. The number of carbonyl (C=O) groups is 1. The summed E-state index contributed by atoms with van der Waals surface area (Å²) in [5.41, 5.74) is -0.122. The van der Waals surface area contributed by atoms with Crippen LogP contribution in [0.2, 0.25) is 0 Å². The lowest BCUT2D eigenvalue weighted by Gasteiger charge is -2.02. The first-order chi connectivity index (χ1) is 6.06. The fourth-order valence-corrected chi connectivity index (χ4v) is 1.60. The van der Waals surface area contributed by atoms with E-state index >= 15 is 0 Å². The maximum absolute atomic E-state index is 13.2. The number of benzene rings is 1. The molecule has 0 saturated heterocycles. The van der Waals surface area contributed by atoms with Crippen molar-refractivity contribution in [3.8, 4) is 5.75 Å². The Morgan fingerprint density at radius 2 is 2.15 bits per heavy atom. The minimum Gasteiger partial charge on any atom is -0.508 e. The van der Waals surface area contributed by atoms with Crippen LogP contribution in [-0.2, 0) is 0 Å². The molecule has 1 N–H and O–H groups in total. The summed E-state index contributed by atoms with van der Waals surface area (Å²) < 4.78 is 13.3. The van der Waals surface area contributed by atoms with Crippen molar-refractivity contribution < 1.29 is 14.3 Å². The molecule has 13 heavy (non-hydrogen) atoms. The summed E-state index contributed by atoms with van der Waals surface area (Å²) in [5.74, 6) is -1.20. The number of halogens is 3. The minimum atomic E-state index is -0.651. The molecule has 5 heteroatoms. The summed E-state index contributed by atoms with van der Waals surface area (Å²) in [6.07, 6.45) is 0. The van der Waals surface area contributed by atoms with Crippen LogP contribution in [-0.4, -0.2) is 16.2 Å². The molecule has 0 aliphatic heterocycles. The number of alkyl halides is 1. The maximum Gasteiger partial charge on any atom is 0.176 e. The summed E-state index contributed by atoms with van der Waals surface area (Å²) in [5, 5.41) is 9.13. The van der Waals surface area contributed by atoms with E-state index in [0.29, 0.717) is 0 Å². The molecule has 0 saturated carbocycles. The molecule has 1 aromatic carbocycles. The first-order valence-electron chi connectivity index (χ1n) is 3.33. The number of phenols is 1. The van der Waals surface area contributed by atoms with Crippen LogP contribution in [0.1, 0.15) is 10.4 Å². The Morgan fingerprint density at radius 3 is 2.69 bits per heavy atom. The van der Waals surface area contributed by atoms with Gasteiger partial charge in [0.1, 0.15) is 11.6 Å². The molecule has 0 bridgehead atoms. The largest absolute Gasteiger partial charge is 0.508 e. The van der Waals surface area contributed by atoms with Crippen LogP contribution in [0.4, 0.5) is 4.39 Å². The third-order valence-electron chi connectivity index (χ3n) is 1.43. The van der Waals surface area contributed by atoms with Gasteiger partial charge in [-0.15, -0.1) is 0 Å². The van der Waals surface area contributed by atoms with E-state index in [1.165, 1.54) is 6.07 Å². The standard InChI is InChI=1S/C8H5Br2FO2/c9-3-7(13)5-1-4(12)2-6(10)8(5)11/h1-2,12H,3H2. The van der Waals surface area contributed by atoms with Crippen molar-refractivity contribution in [3.05, 3.63) is 28.0 Å². The summed E-state index contributed by atoms with van der Waals surface area (Å²) in [6, 6.07) is 2.30. The van der Waals surface area contributed by atoms with Crippen LogP contribution in [0, 0.1) is 5.82 Å². The first kappa shape index (κ1) is 10.7. The number of ketones is 1. The van der Waals surface area contributed by atoms with Crippen LogP contribution in [0.3, 0.4) is 0 Å². The monoisotopic (exact) mass is 310 g/mol. The van der Waals surface area contributed by atoms with Crippen molar-refractivity contribution in [2.75, 3.05) is 5.33 Å². The minimum absolute atomic E-state index is 0.0276. The lowest BCUT2D eigenvalue weighted by molar-refractivity contribution is 0.101. The van der Waals surface area contributed by atoms with Gasteiger partial charge in [0.2, 0.25) is 0 Å². The summed E-state index contributed by atoms with van der Waals surface area (Å²) >= 11 is 5.81. The number of carbonyl (C=O) groups excluding carboxylic acids is 1. The quantitative estimate of drug-likeness (QED) is 0.673. The molecular weight excluding hydrogens is 307 g/mol. The Labute approximate surface area is 91.0 Å². The molecule has 2 nitrogen and oxygen atoms in total. The second-order valence-electron chi connectivity index (χ2n) is 2.35. The third kappa shape index (κ3) is 2.28. The van der Waals surface area contributed by atoms with E-state index in [-0.39, 0.29) is 21.1 Å². The zero-order valence-electron chi connectivity index (χ0n) is 6.35. The van der Waals surface area contributed by atoms with E-state index in [1.54, 1.807) is 0 Å². The number of hydrogen-bond donors (Lipinski definition) is 1. The lowest BCUT2D eigenvalue weighted by atomic mass is 10.1. The molecule has 0 aromatic heterocycles. The number of rotatable bonds is 2. The van der Waals surface area contributed by atoms with Gasteiger partial charge in [-0.25, -0.2) is 4.39 Å². The Hall–Kier alpha value is -0.420. The van der Waals surface area contributed by atoms with E-state index in [2.05, 4.69) is 31.9 Å². The van der Waals surface area contributed by atoms with Crippen molar-refractivity contribution in [3.63, 3.8) is 0 Å².